The van der Waals surface area contributed by atoms with Crippen LogP contribution in [0.2, 0.25) is 0 Å². The van der Waals surface area contributed by atoms with Gasteiger partial charge < -0.3 is 10.3 Å². The molecule has 126 valence electrons. The topological polar surface area (TPSA) is 88.5 Å². The quantitative estimate of drug-likeness (QED) is 0.762. The van der Waals surface area contributed by atoms with Gasteiger partial charge in [-0.05, 0) is 13.0 Å². The highest BCUT2D eigenvalue weighted by molar-refractivity contribution is 5.90. The second-order valence-electron chi connectivity index (χ2n) is 5.18. The number of fused-ring (bicyclic) bond motifs is 1. The Hall–Kier alpha value is -2.91. The smallest absolute Gasteiger partial charge is 0.346 e. The Balaban J connectivity index is 1.80. The van der Waals surface area contributed by atoms with Crippen LogP contribution in [0.3, 0.4) is 0 Å². The van der Waals surface area contributed by atoms with Gasteiger partial charge in [-0.1, -0.05) is 0 Å². The minimum absolute atomic E-state index is 0.621. The molecule has 0 aliphatic heterocycles. The summed E-state index contributed by atoms with van der Waals surface area (Å²) in [6.07, 6.45) is 1.73. The van der Waals surface area contributed by atoms with E-state index in [1.165, 1.54) is 24.1 Å². The van der Waals surface area contributed by atoms with E-state index < -0.39 is 24.7 Å². The zero-order chi connectivity index (χ0) is 17.3. The van der Waals surface area contributed by atoms with Crippen molar-refractivity contribution >= 4 is 16.9 Å². The van der Waals surface area contributed by atoms with Crippen LogP contribution in [-0.2, 0) is 4.79 Å². The summed E-state index contributed by atoms with van der Waals surface area (Å²) in [6.45, 7) is 0.0918. The summed E-state index contributed by atoms with van der Waals surface area (Å²) in [7, 11) is 0. The summed E-state index contributed by atoms with van der Waals surface area (Å²) in [5.74, 6) is -0.767. The maximum Gasteiger partial charge on any atom is 0.405 e. The second-order valence-corrected chi connectivity index (χ2v) is 5.18. The van der Waals surface area contributed by atoms with Crippen molar-refractivity contribution in [1.29, 1.82) is 0 Å². The average Bonchev–Trinajstić information content (AvgIpc) is 3.19. The first-order valence-corrected chi connectivity index (χ1v) is 7.02. The van der Waals surface area contributed by atoms with Crippen LogP contribution < -0.4 is 5.32 Å². The van der Waals surface area contributed by atoms with Crippen LogP contribution >= 0.6 is 0 Å². The Morgan fingerprint density at radius 3 is 2.96 bits per heavy atom. The van der Waals surface area contributed by atoms with Crippen molar-refractivity contribution in [2.75, 3.05) is 6.54 Å². The number of alkyl halides is 3. The molecule has 0 bridgehead atoms. The molecule has 3 heterocycles. The standard InChI is InChI=1S/C14H13F3N6O/c1-8(13(24)19-6-14(15,16)17)23-5-9(4-22-23)11-10-2-3-18-12(10)21-7-20-11/h2-5,7-8H,6H2,1H3,(H,19,24)(H,18,20,21). The van der Waals surface area contributed by atoms with E-state index in [0.29, 0.717) is 16.9 Å². The van der Waals surface area contributed by atoms with Crippen LogP contribution in [0, 0.1) is 0 Å². The molecule has 3 aromatic rings. The number of hydrogen-bond acceptors (Lipinski definition) is 4. The Labute approximate surface area is 133 Å². The monoisotopic (exact) mass is 338 g/mol. The maximum absolute atomic E-state index is 12.2. The molecule has 0 aromatic carbocycles. The lowest BCUT2D eigenvalue weighted by atomic mass is 10.2. The molecule has 3 aromatic heterocycles. The lowest BCUT2D eigenvalue weighted by Gasteiger charge is -2.13. The number of nitrogens with one attached hydrogen (secondary N) is 2. The zero-order valence-electron chi connectivity index (χ0n) is 12.5. The van der Waals surface area contributed by atoms with Gasteiger partial charge in [0.1, 0.15) is 24.6 Å². The number of hydrogen-bond donors (Lipinski definition) is 2. The number of H-pyrrole nitrogens is 1. The minimum Gasteiger partial charge on any atom is -0.346 e. The van der Waals surface area contributed by atoms with Crippen LogP contribution in [0.1, 0.15) is 13.0 Å². The van der Waals surface area contributed by atoms with Crippen molar-refractivity contribution in [2.45, 2.75) is 19.1 Å². The Morgan fingerprint density at radius 2 is 2.21 bits per heavy atom. The molecule has 0 saturated carbocycles. The molecule has 3 rings (SSSR count). The van der Waals surface area contributed by atoms with Crippen molar-refractivity contribution in [1.82, 2.24) is 30.0 Å². The second kappa shape index (κ2) is 5.95. The Morgan fingerprint density at radius 1 is 1.42 bits per heavy atom. The van der Waals surface area contributed by atoms with Crippen molar-refractivity contribution in [3.63, 3.8) is 0 Å². The average molecular weight is 338 g/mol. The third kappa shape index (κ3) is 3.21. The van der Waals surface area contributed by atoms with Gasteiger partial charge in [0, 0.05) is 23.3 Å². The first-order chi connectivity index (χ1) is 11.3. The number of aromatic nitrogens is 5. The highest BCUT2D eigenvalue weighted by atomic mass is 19.4. The maximum atomic E-state index is 12.2. The van der Waals surface area contributed by atoms with Crippen LogP contribution in [0.25, 0.3) is 22.3 Å². The van der Waals surface area contributed by atoms with Crippen LogP contribution in [-0.4, -0.2) is 43.4 Å². The molecule has 0 aliphatic rings. The molecule has 0 aliphatic carbocycles. The van der Waals surface area contributed by atoms with Gasteiger partial charge in [-0.25, -0.2) is 9.97 Å². The third-order valence-electron chi connectivity index (χ3n) is 3.47. The van der Waals surface area contributed by atoms with Crippen molar-refractivity contribution in [3.8, 4) is 11.3 Å². The molecule has 1 atom stereocenters. The normalized spacial score (nSPS) is 13.2. The van der Waals surface area contributed by atoms with E-state index >= 15 is 0 Å². The molecule has 1 unspecified atom stereocenters. The number of carbonyl (C=O) groups excluding carboxylic acids is 1. The summed E-state index contributed by atoms with van der Waals surface area (Å²) in [4.78, 5) is 23.0. The third-order valence-corrected chi connectivity index (χ3v) is 3.47. The highest BCUT2D eigenvalue weighted by Gasteiger charge is 2.29. The van der Waals surface area contributed by atoms with Gasteiger partial charge in [0.05, 0.1) is 11.9 Å². The van der Waals surface area contributed by atoms with Gasteiger partial charge in [0.15, 0.2) is 0 Å². The number of nitrogens with zero attached hydrogens (tertiary/aromatic N) is 4. The van der Waals surface area contributed by atoms with Gasteiger partial charge in [0.2, 0.25) is 5.91 Å². The van der Waals surface area contributed by atoms with E-state index in [9.17, 15) is 18.0 Å². The van der Waals surface area contributed by atoms with Gasteiger partial charge in [-0.15, -0.1) is 0 Å². The zero-order valence-corrected chi connectivity index (χ0v) is 12.5. The SMILES string of the molecule is CC(C(=O)NCC(F)(F)F)n1cc(-c2ncnc3[nH]ccc23)cn1. The molecular formula is C14H13F3N6O. The largest absolute Gasteiger partial charge is 0.405 e. The van der Waals surface area contributed by atoms with Gasteiger partial charge in [-0.2, -0.15) is 18.3 Å². The highest BCUT2D eigenvalue weighted by Crippen LogP contribution is 2.25. The lowest BCUT2D eigenvalue weighted by Crippen LogP contribution is -2.37. The number of rotatable bonds is 4. The van der Waals surface area contributed by atoms with Crippen LogP contribution in [0.4, 0.5) is 13.2 Å². The number of halogens is 3. The van der Waals surface area contributed by atoms with E-state index in [1.807, 2.05) is 11.4 Å². The molecule has 0 radical (unpaired) electrons. The van der Waals surface area contributed by atoms with E-state index in [2.05, 4.69) is 20.1 Å². The minimum atomic E-state index is -4.45. The summed E-state index contributed by atoms with van der Waals surface area (Å²) < 4.78 is 37.8. The van der Waals surface area contributed by atoms with E-state index in [0.717, 1.165) is 5.39 Å². The fourth-order valence-corrected chi connectivity index (χ4v) is 2.23. The fraction of sp³-hybridized carbons (Fsp3) is 0.286. The molecule has 24 heavy (non-hydrogen) atoms. The van der Waals surface area contributed by atoms with Crippen LogP contribution in [0.5, 0.6) is 0 Å². The van der Waals surface area contributed by atoms with E-state index in [4.69, 9.17) is 0 Å². The first-order valence-electron chi connectivity index (χ1n) is 7.02. The Kier molecular flexibility index (Phi) is 3.96. The lowest BCUT2D eigenvalue weighted by molar-refractivity contribution is -0.140. The Bertz CT molecular complexity index is 869. The molecule has 0 spiro atoms. The molecule has 2 N–H and O–H groups in total. The summed E-state index contributed by atoms with van der Waals surface area (Å²) in [5.41, 5.74) is 1.91. The van der Waals surface area contributed by atoms with Gasteiger partial charge >= 0.3 is 6.18 Å². The number of aromatic amines is 1. The molecule has 7 nitrogen and oxygen atoms in total. The molecule has 10 heteroatoms. The summed E-state index contributed by atoms with van der Waals surface area (Å²) in [6, 6.07) is 0.922. The predicted molar refractivity (Wildman–Crippen MR) is 78.9 cm³/mol. The molecule has 1 amide bonds. The van der Waals surface area contributed by atoms with Gasteiger partial charge in [0.25, 0.3) is 0 Å². The number of carbonyl (C=O) groups is 1. The van der Waals surface area contributed by atoms with Crippen molar-refractivity contribution < 1.29 is 18.0 Å². The van der Waals surface area contributed by atoms with E-state index in [-0.39, 0.29) is 0 Å². The predicted octanol–water partition coefficient (Wildman–Crippen LogP) is 2.06. The van der Waals surface area contributed by atoms with Crippen molar-refractivity contribution in [2.24, 2.45) is 0 Å². The summed E-state index contributed by atoms with van der Waals surface area (Å²) >= 11 is 0. The summed E-state index contributed by atoms with van der Waals surface area (Å²) in [5, 5.41) is 6.68. The molecular weight excluding hydrogens is 325 g/mol. The van der Waals surface area contributed by atoms with E-state index in [1.54, 1.807) is 12.4 Å². The first kappa shape index (κ1) is 16.0. The molecule has 0 fully saturated rings. The van der Waals surface area contributed by atoms with Gasteiger partial charge in [-0.3, -0.25) is 9.48 Å². The fourth-order valence-electron chi connectivity index (χ4n) is 2.23. The number of amides is 1. The van der Waals surface area contributed by atoms with Crippen LogP contribution in [0.15, 0.2) is 31.0 Å². The van der Waals surface area contributed by atoms with Crippen molar-refractivity contribution in [3.05, 3.63) is 31.0 Å². The molecule has 0 saturated heterocycles.